The molecule has 2 N–H and O–H groups in total. The summed E-state index contributed by atoms with van der Waals surface area (Å²) < 4.78 is 7.19. The van der Waals surface area contributed by atoms with Gasteiger partial charge in [0.2, 0.25) is 5.91 Å². The van der Waals surface area contributed by atoms with Gasteiger partial charge in [0.25, 0.3) is 0 Å². The molecule has 0 aliphatic rings. The van der Waals surface area contributed by atoms with Crippen LogP contribution in [0.25, 0.3) is 0 Å². The van der Waals surface area contributed by atoms with Gasteiger partial charge in [-0.1, -0.05) is 18.2 Å². The third-order valence-electron chi connectivity index (χ3n) is 3.16. The Balaban J connectivity index is 1.82. The van der Waals surface area contributed by atoms with Gasteiger partial charge in [0, 0.05) is 25.9 Å². The van der Waals surface area contributed by atoms with Crippen LogP contribution in [0.4, 0.5) is 0 Å². The lowest BCUT2D eigenvalue weighted by Crippen LogP contribution is -2.38. The summed E-state index contributed by atoms with van der Waals surface area (Å²) in [6.07, 6.45) is 3.35. The van der Waals surface area contributed by atoms with E-state index in [0.29, 0.717) is 18.7 Å². The van der Waals surface area contributed by atoms with Crippen LogP contribution < -0.4 is 10.5 Å². The van der Waals surface area contributed by atoms with Crippen molar-refractivity contribution in [1.82, 2.24) is 14.7 Å². The number of carbonyl (C=O) groups excluding carboxylic acids is 1. The van der Waals surface area contributed by atoms with Gasteiger partial charge < -0.3 is 15.4 Å². The second-order valence-corrected chi connectivity index (χ2v) is 4.85. The lowest BCUT2D eigenvalue weighted by molar-refractivity contribution is -0.131. The van der Waals surface area contributed by atoms with E-state index in [9.17, 15) is 4.79 Å². The Kier molecular flexibility index (Phi) is 4.94. The molecule has 0 spiro atoms. The Morgan fingerprint density at radius 3 is 2.76 bits per heavy atom. The normalized spacial score (nSPS) is 12.0. The minimum Gasteiger partial charge on any atom is -0.492 e. The number of benzene rings is 1. The largest absolute Gasteiger partial charge is 0.492 e. The number of nitrogens with two attached hydrogens (primary N) is 1. The van der Waals surface area contributed by atoms with Crippen LogP contribution in [0.3, 0.4) is 0 Å². The minimum absolute atomic E-state index is 0.153. The van der Waals surface area contributed by atoms with Crippen molar-refractivity contribution in [2.24, 2.45) is 12.8 Å². The van der Waals surface area contributed by atoms with Gasteiger partial charge >= 0.3 is 0 Å². The maximum absolute atomic E-state index is 12.2. The highest BCUT2D eigenvalue weighted by molar-refractivity contribution is 5.82. The monoisotopic (exact) mass is 288 g/mol. The quantitative estimate of drug-likeness (QED) is 0.859. The average Bonchev–Trinajstić information content (AvgIpc) is 2.93. The summed E-state index contributed by atoms with van der Waals surface area (Å²) >= 11 is 0. The van der Waals surface area contributed by atoms with Crippen LogP contribution in [0.5, 0.6) is 5.75 Å². The molecule has 0 aliphatic heterocycles. The molecular formula is C15H20N4O2. The summed E-state index contributed by atoms with van der Waals surface area (Å²) in [5, 5.41) is 4.02. The Morgan fingerprint density at radius 2 is 2.14 bits per heavy atom. The number of likely N-dealkylation sites (N-methyl/N-ethyl adjacent to an activating group) is 1. The van der Waals surface area contributed by atoms with Crippen LogP contribution in [0, 0.1) is 0 Å². The maximum Gasteiger partial charge on any atom is 0.244 e. The van der Waals surface area contributed by atoms with Crippen LogP contribution in [0.15, 0.2) is 42.7 Å². The van der Waals surface area contributed by atoms with Crippen molar-refractivity contribution in [3.63, 3.8) is 0 Å². The van der Waals surface area contributed by atoms with Crippen molar-refractivity contribution in [3.05, 3.63) is 48.3 Å². The van der Waals surface area contributed by atoms with Crippen molar-refractivity contribution in [2.75, 3.05) is 20.2 Å². The number of carbonyl (C=O) groups is 1. The Bertz CT molecular complexity index is 582. The molecule has 0 aliphatic carbocycles. The molecule has 6 nitrogen and oxygen atoms in total. The van der Waals surface area contributed by atoms with E-state index in [1.807, 2.05) is 30.3 Å². The van der Waals surface area contributed by atoms with E-state index in [4.69, 9.17) is 10.5 Å². The van der Waals surface area contributed by atoms with Crippen molar-refractivity contribution < 1.29 is 9.53 Å². The average molecular weight is 288 g/mol. The van der Waals surface area contributed by atoms with Crippen LogP contribution in [-0.2, 0) is 11.8 Å². The van der Waals surface area contributed by atoms with E-state index in [1.54, 1.807) is 36.1 Å². The molecule has 2 rings (SSSR count). The molecule has 0 radical (unpaired) electrons. The number of aromatic nitrogens is 2. The molecule has 1 atom stereocenters. The number of hydrogen-bond donors (Lipinski definition) is 1. The van der Waals surface area contributed by atoms with Gasteiger partial charge in [-0.15, -0.1) is 0 Å². The molecule has 0 saturated heterocycles. The molecule has 112 valence electrons. The van der Waals surface area contributed by atoms with E-state index in [0.717, 1.165) is 5.75 Å². The number of hydrogen-bond acceptors (Lipinski definition) is 4. The number of amides is 1. The predicted octanol–water partition coefficient (Wildman–Crippen LogP) is 0.957. The number of ether oxygens (including phenoxy) is 1. The molecule has 0 bridgehead atoms. The molecule has 1 heterocycles. The molecule has 21 heavy (non-hydrogen) atoms. The van der Waals surface area contributed by atoms with E-state index < -0.39 is 6.04 Å². The van der Waals surface area contributed by atoms with E-state index in [2.05, 4.69) is 5.10 Å². The van der Waals surface area contributed by atoms with Gasteiger partial charge in [0.1, 0.15) is 18.4 Å². The van der Waals surface area contributed by atoms with Gasteiger partial charge in [-0.25, -0.2) is 0 Å². The molecule has 2 aromatic rings. The van der Waals surface area contributed by atoms with Gasteiger partial charge in [0.05, 0.1) is 12.7 Å². The first-order chi connectivity index (χ1) is 10.1. The number of nitrogens with zero attached hydrogens (tertiary/aromatic N) is 3. The fourth-order valence-electron chi connectivity index (χ4n) is 1.91. The van der Waals surface area contributed by atoms with Gasteiger partial charge in [-0.05, 0) is 12.1 Å². The fourth-order valence-corrected chi connectivity index (χ4v) is 1.91. The van der Waals surface area contributed by atoms with E-state index >= 15 is 0 Å². The molecule has 1 amide bonds. The summed E-state index contributed by atoms with van der Waals surface area (Å²) in [4.78, 5) is 13.8. The molecule has 6 heteroatoms. The van der Waals surface area contributed by atoms with Crippen LogP contribution >= 0.6 is 0 Å². The first-order valence-electron chi connectivity index (χ1n) is 6.75. The standard InChI is InChI=1S/C15H20N4O2/c1-18(8-9-21-13-6-4-3-5-7-13)15(20)14(16)12-10-17-19(2)11-12/h3-7,10-11,14H,8-9,16H2,1-2H3. The van der Waals surface area contributed by atoms with E-state index in [1.165, 1.54) is 0 Å². The van der Waals surface area contributed by atoms with Crippen molar-refractivity contribution in [3.8, 4) is 5.75 Å². The third kappa shape index (κ3) is 4.06. The molecule has 1 aromatic heterocycles. The molecule has 0 saturated carbocycles. The summed E-state index contributed by atoms with van der Waals surface area (Å²) in [6.45, 7) is 0.897. The topological polar surface area (TPSA) is 73.4 Å². The molecular weight excluding hydrogens is 268 g/mol. The number of para-hydroxylation sites is 1. The highest BCUT2D eigenvalue weighted by Crippen LogP contribution is 2.12. The first kappa shape index (κ1) is 15.1. The van der Waals surface area contributed by atoms with Gasteiger partial charge in [-0.2, -0.15) is 5.10 Å². The van der Waals surface area contributed by atoms with Crippen LogP contribution in [0.2, 0.25) is 0 Å². The number of aryl methyl sites for hydroxylation is 1. The van der Waals surface area contributed by atoms with Crippen LogP contribution in [-0.4, -0.2) is 40.8 Å². The molecule has 0 fully saturated rings. The number of rotatable bonds is 6. The predicted molar refractivity (Wildman–Crippen MR) is 79.7 cm³/mol. The smallest absolute Gasteiger partial charge is 0.244 e. The van der Waals surface area contributed by atoms with Crippen molar-refractivity contribution in [2.45, 2.75) is 6.04 Å². The minimum atomic E-state index is -0.694. The lowest BCUT2D eigenvalue weighted by atomic mass is 10.1. The maximum atomic E-state index is 12.2. The van der Waals surface area contributed by atoms with Crippen molar-refractivity contribution >= 4 is 5.91 Å². The third-order valence-corrected chi connectivity index (χ3v) is 3.16. The fraction of sp³-hybridized carbons (Fsp3) is 0.333. The Labute approximate surface area is 124 Å². The zero-order valence-corrected chi connectivity index (χ0v) is 12.3. The van der Waals surface area contributed by atoms with Gasteiger partial charge in [0.15, 0.2) is 0 Å². The second kappa shape index (κ2) is 6.90. The zero-order valence-electron chi connectivity index (χ0n) is 12.3. The first-order valence-corrected chi connectivity index (χ1v) is 6.75. The zero-order chi connectivity index (χ0) is 15.2. The molecule has 1 unspecified atom stereocenters. The van der Waals surface area contributed by atoms with Crippen molar-refractivity contribution in [1.29, 1.82) is 0 Å². The highest BCUT2D eigenvalue weighted by atomic mass is 16.5. The summed E-state index contributed by atoms with van der Waals surface area (Å²) in [5.74, 6) is 0.634. The van der Waals surface area contributed by atoms with Gasteiger partial charge in [-0.3, -0.25) is 9.48 Å². The van der Waals surface area contributed by atoms with E-state index in [-0.39, 0.29) is 5.91 Å². The lowest BCUT2D eigenvalue weighted by Gasteiger charge is -2.20. The molecule has 1 aromatic carbocycles. The Hall–Kier alpha value is -2.34. The summed E-state index contributed by atoms with van der Waals surface area (Å²) in [5.41, 5.74) is 6.66. The SMILES string of the molecule is CN(CCOc1ccccc1)C(=O)C(N)c1cnn(C)c1. The summed E-state index contributed by atoms with van der Waals surface area (Å²) in [6, 6.07) is 8.80. The summed E-state index contributed by atoms with van der Waals surface area (Å²) in [7, 11) is 3.50. The van der Waals surface area contributed by atoms with Crippen LogP contribution in [0.1, 0.15) is 11.6 Å². The Morgan fingerprint density at radius 1 is 1.43 bits per heavy atom. The second-order valence-electron chi connectivity index (χ2n) is 4.85. The highest BCUT2D eigenvalue weighted by Gasteiger charge is 2.20.